The second-order valence-corrected chi connectivity index (χ2v) is 14.2. The van der Waals surface area contributed by atoms with Gasteiger partial charge in [0, 0.05) is 11.0 Å². The molecule has 0 saturated carbocycles. The Hall–Kier alpha value is -3.42. The van der Waals surface area contributed by atoms with E-state index in [1.807, 2.05) is 0 Å². The van der Waals surface area contributed by atoms with Crippen molar-refractivity contribution in [1.82, 2.24) is 30.8 Å². The number of fused-ring (bicyclic) bond motifs is 1. The normalized spacial score (nSPS) is 19.2. The molecule has 246 valence electrons. The first-order valence-electron chi connectivity index (χ1n) is 14.3. The Morgan fingerprint density at radius 2 is 1.96 bits per heavy atom. The third-order valence-electron chi connectivity index (χ3n) is 7.23. The number of carbonyl (C=O) groups excluding carboxylic acids is 2. The number of aromatic nitrogens is 4. The lowest BCUT2D eigenvalue weighted by Gasteiger charge is -2.50. The molecule has 0 aliphatic carbocycles. The number of carboxylic acids is 1. The summed E-state index contributed by atoms with van der Waals surface area (Å²) in [6.07, 6.45) is 8.64. The summed E-state index contributed by atoms with van der Waals surface area (Å²) < 4.78 is 35.7. The maximum atomic E-state index is 13.3. The molecular weight excluding hydrogens is 651 g/mol. The number of unbranched alkanes of at least 4 members (excludes halogenated alkanes) is 7. The largest absolute Gasteiger partial charge is 0.477 e. The number of nitrogens with one attached hydrogen (secondary N) is 2. The monoisotopic (exact) mass is 685 g/mol. The molecule has 2 aromatic rings. The van der Waals surface area contributed by atoms with Crippen molar-refractivity contribution in [1.29, 1.82) is 0 Å². The molecule has 19 heteroatoms. The Labute approximate surface area is 267 Å². The first-order chi connectivity index (χ1) is 21.6. The molecule has 2 aromatic heterocycles. The van der Waals surface area contributed by atoms with Gasteiger partial charge in [-0.3, -0.25) is 19.0 Å². The van der Waals surface area contributed by atoms with E-state index >= 15 is 0 Å². The predicted octanol–water partition coefficient (Wildman–Crippen LogP) is 2.44. The zero-order valence-electron chi connectivity index (χ0n) is 24.5. The molecule has 2 amide bonds. The van der Waals surface area contributed by atoms with Crippen LogP contribution in [0.4, 0.5) is 0 Å². The molecule has 1 fully saturated rings. The highest BCUT2D eigenvalue weighted by atomic mass is 32.2. The summed E-state index contributed by atoms with van der Waals surface area (Å²) in [7, 11) is -2.63. The van der Waals surface area contributed by atoms with Gasteiger partial charge in [0.15, 0.2) is 5.76 Å². The number of amides is 2. The Bertz CT molecular complexity index is 1480. The van der Waals surface area contributed by atoms with Crippen molar-refractivity contribution in [3.63, 3.8) is 0 Å². The van der Waals surface area contributed by atoms with E-state index in [-0.39, 0.29) is 28.2 Å². The number of nitrogens with zero attached hydrogens (tertiary/aromatic N) is 5. The van der Waals surface area contributed by atoms with Crippen LogP contribution in [0, 0.1) is 0 Å². The highest BCUT2D eigenvalue weighted by molar-refractivity contribution is 8.01. The SMILES string of the molecule is CON=C(C(=O)NC1C(=O)N2C(C(=O)O)=C(C(CCCCCCCCCCS(=O)(=O)O)Sc3nnn[nH]3)CS[C@@H]12)c1ccco1. The van der Waals surface area contributed by atoms with Gasteiger partial charge in [0.1, 0.15) is 24.2 Å². The minimum absolute atomic E-state index is 0.0964. The molecule has 2 unspecified atom stereocenters. The van der Waals surface area contributed by atoms with Gasteiger partial charge >= 0.3 is 5.97 Å². The van der Waals surface area contributed by atoms with Crippen molar-refractivity contribution in [3.05, 3.63) is 35.4 Å². The summed E-state index contributed by atoms with van der Waals surface area (Å²) in [5.74, 6) is -2.22. The smallest absolute Gasteiger partial charge is 0.352 e. The van der Waals surface area contributed by atoms with E-state index in [1.54, 1.807) is 6.07 Å². The number of H-pyrrole nitrogens is 1. The van der Waals surface area contributed by atoms with Crippen molar-refractivity contribution in [2.75, 3.05) is 18.6 Å². The minimum Gasteiger partial charge on any atom is -0.477 e. The number of carbonyl (C=O) groups is 3. The van der Waals surface area contributed by atoms with Gasteiger partial charge in [-0.15, -0.1) is 16.9 Å². The lowest BCUT2D eigenvalue weighted by molar-refractivity contribution is -0.150. The number of β-lactam (4-membered cyclic amide) rings is 1. The van der Waals surface area contributed by atoms with Crippen molar-refractivity contribution in [2.45, 2.75) is 79.6 Å². The quantitative estimate of drug-likeness (QED) is 0.0416. The zero-order valence-corrected chi connectivity index (χ0v) is 26.9. The number of rotatable bonds is 19. The number of oxime groups is 1. The molecular formula is C26H35N7O9S3. The number of thioether (sulfide) groups is 2. The molecule has 4 rings (SSSR count). The molecule has 0 spiro atoms. The fourth-order valence-electron chi connectivity index (χ4n) is 5.12. The highest BCUT2D eigenvalue weighted by Gasteiger charge is 2.55. The van der Waals surface area contributed by atoms with E-state index < -0.39 is 39.3 Å². The van der Waals surface area contributed by atoms with Gasteiger partial charge in [-0.05, 0) is 41.0 Å². The van der Waals surface area contributed by atoms with Gasteiger partial charge in [0.2, 0.25) is 10.9 Å². The molecule has 2 aliphatic heterocycles. The van der Waals surface area contributed by atoms with E-state index in [0.29, 0.717) is 29.3 Å². The number of aliphatic carboxylic acids is 1. The molecule has 4 N–H and O–H groups in total. The van der Waals surface area contributed by atoms with Crippen LogP contribution in [0.3, 0.4) is 0 Å². The maximum Gasteiger partial charge on any atom is 0.352 e. The maximum absolute atomic E-state index is 13.3. The molecule has 4 heterocycles. The van der Waals surface area contributed by atoms with Crippen molar-refractivity contribution in [2.24, 2.45) is 5.16 Å². The Morgan fingerprint density at radius 3 is 2.56 bits per heavy atom. The van der Waals surface area contributed by atoms with Crippen LogP contribution in [-0.2, 0) is 29.3 Å². The number of furan rings is 1. The summed E-state index contributed by atoms with van der Waals surface area (Å²) >= 11 is 2.67. The molecule has 2 aliphatic rings. The van der Waals surface area contributed by atoms with Crippen molar-refractivity contribution < 1.29 is 41.7 Å². The number of hydrogen-bond acceptors (Lipinski definition) is 13. The Balaban J connectivity index is 1.38. The average Bonchev–Trinajstić information content (AvgIpc) is 3.72. The summed E-state index contributed by atoms with van der Waals surface area (Å²) in [6, 6.07) is 2.14. The number of aromatic amines is 1. The van der Waals surface area contributed by atoms with Crippen LogP contribution in [0.25, 0.3) is 0 Å². The van der Waals surface area contributed by atoms with Crippen LogP contribution in [0.5, 0.6) is 0 Å². The summed E-state index contributed by atoms with van der Waals surface area (Å²) in [5.41, 5.74) is 0.332. The minimum atomic E-state index is -3.91. The van der Waals surface area contributed by atoms with Gasteiger partial charge in [-0.2, -0.15) is 8.42 Å². The predicted molar refractivity (Wildman–Crippen MR) is 164 cm³/mol. The van der Waals surface area contributed by atoms with E-state index in [2.05, 4.69) is 31.1 Å². The van der Waals surface area contributed by atoms with Gasteiger partial charge in [0.25, 0.3) is 21.9 Å². The van der Waals surface area contributed by atoms with Gasteiger partial charge in [-0.1, -0.05) is 61.9 Å². The number of carboxylic acid groups (broad SMARTS) is 1. The van der Waals surface area contributed by atoms with Crippen LogP contribution in [-0.4, -0.2) is 102 Å². The molecule has 16 nitrogen and oxygen atoms in total. The first-order valence-corrected chi connectivity index (χ1v) is 17.9. The molecule has 45 heavy (non-hydrogen) atoms. The van der Waals surface area contributed by atoms with E-state index in [1.165, 1.54) is 47.9 Å². The Morgan fingerprint density at radius 1 is 1.24 bits per heavy atom. The number of hydrogen-bond donors (Lipinski definition) is 4. The average molecular weight is 686 g/mol. The highest BCUT2D eigenvalue weighted by Crippen LogP contribution is 2.44. The van der Waals surface area contributed by atoms with E-state index in [9.17, 15) is 27.9 Å². The molecule has 1 saturated heterocycles. The van der Waals surface area contributed by atoms with Crippen molar-refractivity contribution >= 4 is 57.1 Å². The van der Waals surface area contributed by atoms with Crippen LogP contribution < -0.4 is 5.32 Å². The fraction of sp³-hybridized carbons (Fsp3) is 0.577. The van der Waals surface area contributed by atoms with E-state index in [4.69, 9.17) is 13.8 Å². The van der Waals surface area contributed by atoms with Crippen LogP contribution in [0.2, 0.25) is 0 Å². The zero-order chi connectivity index (χ0) is 32.4. The molecule has 0 radical (unpaired) electrons. The van der Waals surface area contributed by atoms with Crippen LogP contribution >= 0.6 is 23.5 Å². The van der Waals surface area contributed by atoms with Gasteiger partial charge < -0.3 is 19.7 Å². The third kappa shape index (κ3) is 9.30. The Kier molecular flexibility index (Phi) is 12.4. The summed E-state index contributed by atoms with van der Waals surface area (Å²) in [5, 5.41) is 30.0. The summed E-state index contributed by atoms with van der Waals surface area (Å²) in [6.45, 7) is 0. The molecule has 0 bridgehead atoms. The summed E-state index contributed by atoms with van der Waals surface area (Å²) in [4.78, 5) is 44.8. The first kappa shape index (κ1) is 34.5. The number of tetrazole rings is 1. The van der Waals surface area contributed by atoms with Crippen LogP contribution in [0.1, 0.15) is 63.5 Å². The van der Waals surface area contributed by atoms with Crippen molar-refractivity contribution in [3.8, 4) is 0 Å². The van der Waals surface area contributed by atoms with Gasteiger partial charge in [0.05, 0.1) is 12.0 Å². The topological polar surface area (TPSA) is 230 Å². The second-order valence-electron chi connectivity index (χ2n) is 10.4. The fourth-order valence-corrected chi connectivity index (χ4v) is 8.28. The second kappa shape index (κ2) is 16.2. The van der Waals surface area contributed by atoms with Crippen LogP contribution in [0.15, 0.2) is 44.4 Å². The molecule has 3 atom stereocenters. The lowest BCUT2D eigenvalue weighted by atomic mass is 9.98. The standard InChI is InChI=1S/C26H35N7O9S3/c1-41-30-19(17-11-10-13-42-17)22(34)27-20-23(35)33-21(25(36)37)16(15-43-24(20)33)18(44-26-28-31-32-29-26)12-8-6-4-2-3-5-7-9-14-45(38,39)40/h10-11,13,18,20,24H,2-9,12,14-15H2,1H3,(H,27,34)(H,36,37)(H,38,39,40)(H,28,29,31,32)/t18?,20?,24-/m0/s1. The lowest BCUT2D eigenvalue weighted by Crippen LogP contribution is -2.71. The third-order valence-corrected chi connectivity index (χ3v) is 10.5. The molecule has 0 aromatic carbocycles. The van der Waals surface area contributed by atoms with Gasteiger partial charge in [-0.25, -0.2) is 9.89 Å². The van der Waals surface area contributed by atoms with E-state index in [0.717, 1.165) is 44.9 Å².